The third-order valence-electron chi connectivity index (χ3n) is 4.27. The molecule has 0 radical (unpaired) electrons. The number of benzene rings is 2. The average Bonchev–Trinajstić information content (AvgIpc) is 3.27. The molecule has 0 atom stereocenters. The Morgan fingerprint density at radius 1 is 1.00 bits per heavy atom. The second-order valence-corrected chi connectivity index (χ2v) is 8.79. The lowest BCUT2D eigenvalue weighted by molar-refractivity contribution is 0.102. The summed E-state index contributed by atoms with van der Waals surface area (Å²) in [6.07, 6.45) is 1.48. The fourth-order valence-electron chi connectivity index (χ4n) is 2.82. The minimum Gasteiger partial charge on any atom is -0.322 e. The number of hydrogen-bond acceptors (Lipinski definition) is 7. The molecule has 1 amide bonds. The van der Waals surface area contributed by atoms with Crippen molar-refractivity contribution in [2.45, 2.75) is 34.8 Å². The van der Waals surface area contributed by atoms with Gasteiger partial charge in [-0.15, -0.1) is 0 Å². The number of nitrogens with one attached hydrogen (secondary N) is 2. The standard InChI is InChI=1S/C22H20N6OS2/c1-14-11-15(2)26-22(25-14)31-19-9-7-18(8-10-19)27-20(29)17-5-3-16(4-6-17)12-30-21-23-13-24-28-21/h3-11,13H,12H2,1-2H3,(H,27,29)(H,23,24,28). The maximum Gasteiger partial charge on any atom is 0.255 e. The van der Waals surface area contributed by atoms with Crippen molar-refractivity contribution in [3.8, 4) is 0 Å². The largest absolute Gasteiger partial charge is 0.322 e. The molecule has 2 N–H and O–H groups in total. The number of H-pyrrole nitrogens is 1. The lowest BCUT2D eigenvalue weighted by atomic mass is 10.1. The zero-order valence-corrected chi connectivity index (χ0v) is 18.6. The van der Waals surface area contributed by atoms with Crippen LogP contribution in [0.4, 0.5) is 5.69 Å². The molecular weight excluding hydrogens is 428 g/mol. The van der Waals surface area contributed by atoms with Gasteiger partial charge in [0.15, 0.2) is 10.3 Å². The number of rotatable bonds is 7. The van der Waals surface area contributed by atoms with Gasteiger partial charge in [-0.05, 0) is 73.6 Å². The van der Waals surface area contributed by atoms with E-state index in [0.717, 1.165) is 43.6 Å². The molecule has 4 rings (SSSR count). The summed E-state index contributed by atoms with van der Waals surface area (Å²) in [5.41, 5.74) is 4.34. The maximum absolute atomic E-state index is 12.6. The third kappa shape index (κ3) is 5.93. The number of carbonyl (C=O) groups is 1. The Labute approximate surface area is 188 Å². The molecular formula is C22H20N6OS2. The fourth-order valence-corrected chi connectivity index (χ4v) is 4.42. The van der Waals surface area contributed by atoms with E-state index in [-0.39, 0.29) is 5.91 Å². The highest BCUT2D eigenvalue weighted by atomic mass is 32.2. The second-order valence-electron chi connectivity index (χ2n) is 6.79. The van der Waals surface area contributed by atoms with Gasteiger partial charge in [0, 0.05) is 33.3 Å². The molecule has 0 saturated carbocycles. The third-order valence-corrected chi connectivity index (χ3v) is 6.09. The highest BCUT2D eigenvalue weighted by Gasteiger charge is 2.08. The van der Waals surface area contributed by atoms with E-state index in [9.17, 15) is 4.79 Å². The van der Waals surface area contributed by atoms with Crippen LogP contribution in [0.1, 0.15) is 27.3 Å². The van der Waals surface area contributed by atoms with Gasteiger partial charge in [-0.25, -0.2) is 15.0 Å². The number of hydrogen-bond donors (Lipinski definition) is 2. The van der Waals surface area contributed by atoms with Gasteiger partial charge in [-0.1, -0.05) is 23.9 Å². The van der Waals surface area contributed by atoms with Crippen LogP contribution in [-0.4, -0.2) is 31.1 Å². The molecule has 156 valence electrons. The number of anilines is 1. The van der Waals surface area contributed by atoms with E-state index < -0.39 is 0 Å². The van der Waals surface area contributed by atoms with Gasteiger partial charge < -0.3 is 5.32 Å². The molecule has 0 aliphatic rings. The molecule has 0 fully saturated rings. The highest BCUT2D eigenvalue weighted by molar-refractivity contribution is 7.99. The van der Waals surface area contributed by atoms with Crippen molar-refractivity contribution in [2.75, 3.05) is 5.32 Å². The summed E-state index contributed by atoms with van der Waals surface area (Å²) in [4.78, 5) is 26.5. The van der Waals surface area contributed by atoms with Gasteiger partial charge >= 0.3 is 0 Å². The van der Waals surface area contributed by atoms with Gasteiger partial charge in [0.05, 0.1) is 0 Å². The number of nitrogens with zero attached hydrogens (tertiary/aromatic N) is 4. The number of aromatic nitrogens is 5. The van der Waals surface area contributed by atoms with Crippen LogP contribution in [0.2, 0.25) is 0 Å². The lowest BCUT2D eigenvalue weighted by Gasteiger charge is -2.08. The molecule has 2 heterocycles. The summed E-state index contributed by atoms with van der Waals surface area (Å²) < 4.78 is 0. The summed E-state index contributed by atoms with van der Waals surface area (Å²) in [5, 5.41) is 11.1. The first kappa shape index (κ1) is 21.1. The minimum atomic E-state index is -0.146. The number of carbonyl (C=O) groups excluding carboxylic acids is 1. The molecule has 0 aliphatic carbocycles. The first-order valence-corrected chi connectivity index (χ1v) is 11.3. The minimum absolute atomic E-state index is 0.146. The predicted molar refractivity (Wildman–Crippen MR) is 122 cm³/mol. The van der Waals surface area contributed by atoms with E-state index in [1.54, 1.807) is 11.8 Å². The van der Waals surface area contributed by atoms with E-state index in [4.69, 9.17) is 0 Å². The Morgan fingerprint density at radius 3 is 2.35 bits per heavy atom. The number of aryl methyl sites for hydroxylation is 2. The van der Waals surface area contributed by atoms with Crippen molar-refractivity contribution in [2.24, 2.45) is 0 Å². The van der Waals surface area contributed by atoms with Crippen molar-refractivity contribution in [3.05, 3.63) is 83.4 Å². The van der Waals surface area contributed by atoms with Crippen molar-refractivity contribution < 1.29 is 4.79 Å². The van der Waals surface area contributed by atoms with Crippen molar-refractivity contribution >= 4 is 35.1 Å². The van der Waals surface area contributed by atoms with Crippen LogP contribution in [-0.2, 0) is 5.75 Å². The van der Waals surface area contributed by atoms with Crippen molar-refractivity contribution in [3.63, 3.8) is 0 Å². The van der Waals surface area contributed by atoms with Crippen LogP contribution >= 0.6 is 23.5 Å². The van der Waals surface area contributed by atoms with Gasteiger partial charge in [0.1, 0.15) is 6.33 Å². The van der Waals surface area contributed by atoms with Crippen LogP contribution in [0.15, 0.2) is 76.1 Å². The van der Waals surface area contributed by atoms with E-state index >= 15 is 0 Å². The Hall–Kier alpha value is -3.17. The van der Waals surface area contributed by atoms with Crippen molar-refractivity contribution in [1.29, 1.82) is 0 Å². The monoisotopic (exact) mass is 448 g/mol. The van der Waals surface area contributed by atoms with Crippen molar-refractivity contribution in [1.82, 2.24) is 25.1 Å². The second kappa shape index (κ2) is 9.76. The van der Waals surface area contributed by atoms with Crippen LogP contribution in [0.25, 0.3) is 0 Å². The topological polar surface area (TPSA) is 96.5 Å². The molecule has 31 heavy (non-hydrogen) atoms. The molecule has 2 aromatic carbocycles. The molecule has 0 bridgehead atoms. The van der Waals surface area contributed by atoms with Crippen LogP contribution in [0.3, 0.4) is 0 Å². The zero-order valence-electron chi connectivity index (χ0n) is 17.0. The normalized spacial score (nSPS) is 10.8. The average molecular weight is 449 g/mol. The summed E-state index contributed by atoms with van der Waals surface area (Å²) in [6.45, 7) is 3.92. The SMILES string of the molecule is Cc1cc(C)nc(Sc2ccc(NC(=O)c3ccc(CSc4ncn[nH]4)cc3)cc2)n1. The van der Waals surface area contributed by atoms with Gasteiger partial charge in [-0.2, -0.15) is 5.10 Å². The lowest BCUT2D eigenvalue weighted by Crippen LogP contribution is -2.11. The quantitative estimate of drug-likeness (QED) is 0.306. The Kier molecular flexibility index (Phi) is 6.63. The molecule has 7 nitrogen and oxygen atoms in total. The first-order chi connectivity index (χ1) is 15.0. The summed E-state index contributed by atoms with van der Waals surface area (Å²) in [7, 11) is 0. The Balaban J connectivity index is 1.33. The maximum atomic E-state index is 12.6. The van der Waals surface area contributed by atoms with E-state index in [1.807, 2.05) is 68.4 Å². The summed E-state index contributed by atoms with van der Waals surface area (Å²) >= 11 is 3.06. The fraction of sp³-hybridized carbons (Fsp3) is 0.136. The van der Waals surface area contributed by atoms with E-state index in [0.29, 0.717) is 5.56 Å². The molecule has 0 aliphatic heterocycles. The molecule has 0 saturated heterocycles. The van der Waals surface area contributed by atoms with E-state index in [2.05, 4.69) is 30.5 Å². The predicted octanol–water partition coefficient (Wildman–Crippen LogP) is 4.91. The first-order valence-electron chi connectivity index (χ1n) is 9.54. The molecule has 2 aromatic heterocycles. The summed E-state index contributed by atoms with van der Waals surface area (Å²) in [5.74, 6) is 0.605. The van der Waals surface area contributed by atoms with E-state index in [1.165, 1.54) is 18.1 Å². The van der Waals surface area contributed by atoms with Crippen LogP contribution in [0.5, 0.6) is 0 Å². The molecule has 9 heteroatoms. The van der Waals surface area contributed by atoms with Gasteiger partial charge in [0.25, 0.3) is 5.91 Å². The summed E-state index contributed by atoms with van der Waals surface area (Å²) in [6, 6.07) is 17.2. The molecule has 4 aromatic rings. The smallest absolute Gasteiger partial charge is 0.255 e. The zero-order chi connectivity index (χ0) is 21.6. The van der Waals surface area contributed by atoms with Crippen LogP contribution < -0.4 is 5.32 Å². The Bertz CT molecular complexity index is 1140. The number of thioether (sulfide) groups is 1. The molecule has 0 unspecified atom stereocenters. The highest BCUT2D eigenvalue weighted by Crippen LogP contribution is 2.26. The molecule has 0 spiro atoms. The van der Waals surface area contributed by atoms with Gasteiger partial charge in [0.2, 0.25) is 0 Å². The Morgan fingerprint density at radius 2 is 1.71 bits per heavy atom. The number of amides is 1. The van der Waals surface area contributed by atoms with Crippen LogP contribution in [0, 0.1) is 13.8 Å². The number of aromatic amines is 1. The van der Waals surface area contributed by atoms with Gasteiger partial charge in [-0.3, -0.25) is 9.89 Å².